The zero-order valence-electron chi connectivity index (χ0n) is 18.3. The van der Waals surface area contributed by atoms with Crippen LogP contribution in [0.4, 0.5) is 17.6 Å². The summed E-state index contributed by atoms with van der Waals surface area (Å²) >= 11 is 0. The Morgan fingerprint density at radius 2 is 1.76 bits per heavy atom. The summed E-state index contributed by atoms with van der Waals surface area (Å²) < 4.78 is 57.7. The van der Waals surface area contributed by atoms with Gasteiger partial charge in [-0.25, -0.2) is 9.07 Å². The van der Waals surface area contributed by atoms with Crippen molar-refractivity contribution >= 4 is 0 Å². The molecule has 34 heavy (non-hydrogen) atoms. The van der Waals surface area contributed by atoms with Crippen molar-refractivity contribution in [3.05, 3.63) is 90.1 Å². The molecule has 2 aromatic heterocycles. The quantitative estimate of drug-likeness (QED) is 0.351. The van der Waals surface area contributed by atoms with Crippen LogP contribution in [0.5, 0.6) is 0 Å². The lowest BCUT2D eigenvalue weighted by Gasteiger charge is -2.32. The van der Waals surface area contributed by atoms with Gasteiger partial charge in [0.25, 0.3) is 0 Å². The molecule has 0 atom stereocenters. The molecule has 0 bridgehead atoms. The molecule has 0 aliphatic carbocycles. The van der Waals surface area contributed by atoms with Crippen LogP contribution in [0.3, 0.4) is 0 Å². The fourth-order valence-electron chi connectivity index (χ4n) is 4.44. The number of rotatable bonds is 5. The molecule has 0 unspecified atom stereocenters. The molecule has 9 heteroatoms. The van der Waals surface area contributed by atoms with E-state index in [0.717, 1.165) is 43.6 Å². The van der Waals surface area contributed by atoms with Crippen molar-refractivity contribution in [2.75, 3.05) is 13.1 Å². The Morgan fingerprint density at radius 3 is 2.47 bits per heavy atom. The summed E-state index contributed by atoms with van der Waals surface area (Å²) in [5.41, 5.74) is 1.05. The molecule has 1 aliphatic rings. The number of likely N-dealkylation sites (tertiary alicyclic amines) is 1. The number of alkyl halides is 3. The lowest BCUT2D eigenvalue weighted by molar-refractivity contribution is -0.137. The van der Waals surface area contributed by atoms with Crippen molar-refractivity contribution in [3.8, 4) is 16.9 Å². The molecule has 176 valence electrons. The molecular weight excluding hydrogens is 446 g/mol. The molecule has 0 saturated carbocycles. The molecule has 3 heterocycles. The van der Waals surface area contributed by atoms with Crippen LogP contribution in [0.15, 0.2) is 73.2 Å². The minimum Gasteiger partial charge on any atom is -0.299 e. The number of hydrogen-bond donors (Lipinski definition) is 0. The van der Waals surface area contributed by atoms with Crippen LogP contribution in [0.1, 0.15) is 30.0 Å². The van der Waals surface area contributed by atoms with Crippen LogP contribution in [-0.2, 0) is 12.7 Å². The lowest BCUT2D eigenvalue weighted by atomic mass is 10.0. The Labute approximate surface area is 194 Å². The van der Waals surface area contributed by atoms with Gasteiger partial charge in [0.05, 0.1) is 17.3 Å². The van der Waals surface area contributed by atoms with Gasteiger partial charge < -0.3 is 0 Å². The Hall–Kier alpha value is -3.46. The number of aromatic nitrogens is 4. The summed E-state index contributed by atoms with van der Waals surface area (Å²) in [5.74, 6) is -0.421. The second-order valence-electron chi connectivity index (χ2n) is 8.47. The summed E-state index contributed by atoms with van der Waals surface area (Å²) in [6, 6.07) is 13.6. The molecule has 5 rings (SSSR count). The van der Waals surface area contributed by atoms with Crippen molar-refractivity contribution in [1.29, 1.82) is 0 Å². The minimum atomic E-state index is -4.46. The molecule has 4 aromatic rings. The third-order valence-corrected chi connectivity index (χ3v) is 6.21. The van der Waals surface area contributed by atoms with E-state index in [2.05, 4.69) is 15.1 Å². The molecular formula is C25H23F4N5. The SMILES string of the molecule is Fc1ccccc1-c1nn(-c2cccc(C(F)(F)F)c2)cc1CN1CCC(n2cccn2)CC1. The van der Waals surface area contributed by atoms with Crippen molar-refractivity contribution in [1.82, 2.24) is 24.5 Å². The normalized spacial score (nSPS) is 15.6. The first kappa shape index (κ1) is 22.3. The smallest absolute Gasteiger partial charge is 0.299 e. The van der Waals surface area contributed by atoms with Gasteiger partial charge in [0.2, 0.25) is 0 Å². The second-order valence-corrected chi connectivity index (χ2v) is 8.47. The second kappa shape index (κ2) is 9.06. The van der Waals surface area contributed by atoms with E-state index < -0.39 is 17.6 Å². The first-order valence-electron chi connectivity index (χ1n) is 11.1. The molecule has 0 N–H and O–H groups in total. The maximum absolute atomic E-state index is 14.7. The summed E-state index contributed by atoms with van der Waals surface area (Å²) in [7, 11) is 0. The van der Waals surface area contributed by atoms with Crippen LogP contribution in [0.25, 0.3) is 16.9 Å². The third-order valence-electron chi connectivity index (χ3n) is 6.21. The highest BCUT2D eigenvalue weighted by molar-refractivity contribution is 5.64. The Morgan fingerprint density at radius 1 is 0.971 bits per heavy atom. The van der Waals surface area contributed by atoms with Gasteiger partial charge in [-0.05, 0) is 49.2 Å². The van der Waals surface area contributed by atoms with Gasteiger partial charge in [-0.2, -0.15) is 23.4 Å². The molecule has 5 nitrogen and oxygen atoms in total. The topological polar surface area (TPSA) is 38.9 Å². The van der Waals surface area contributed by atoms with Crippen LogP contribution < -0.4 is 0 Å². The van der Waals surface area contributed by atoms with Crippen molar-refractivity contribution in [3.63, 3.8) is 0 Å². The molecule has 0 radical (unpaired) electrons. The first-order chi connectivity index (χ1) is 16.4. The van der Waals surface area contributed by atoms with E-state index in [0.29, 0.717) is 23.8 Å². The summed E-state index contributed by atoms with van der Waals surface area (Å²) in [6.45, 7) is 2.18. The Balaban J connectivity index is 1.44. The average Bonchev–Trinajstić information content (AvgIpc) is 3.50. The van der Waals surface area contributed by atoms with Crippen molar-refractivity contribution in [2.45, 2.75) is 31.6 Å². The van der Waals surface area contributed by atoms with E-state index in [4.69, 9.17) is 0 Å². The summed E-state index contributed by atoms with van der Waals surface area (Å²) in [6.07, 6.45) is 2.85. The highest BCUT2D eigenvalue weighted by Crippen LogP contribution is 2.32. The molecule has 0 spiro atoms. The van der Waals surface area contributed by atoms with Gasteiger partial charge >= 0.3 is 6.18 Å². The lowest BCUT2D eigenvalue weighted by Crippen LogP contribution is -2.34. The number of hydrogen-bond acceptors (Lipinski definition) is 3. The van der Waals surface area contributed by atoms with Gasteiger partial charge in [-0.3, -0.25) is 9.58 Å². The number of benzene rings is 2. The monoisotopic (exact) mass is 469 g/mol. The fourth-order valence-corrected chi connectivity index (χ4v) is 4.44. The van der Waals surface area contributed by atoms with E-state index in [1.54, 1.807) is 36.7 Å². The summed E-state index contributed by atoms with van der Waals surface area (Å²) in [4.78, 5) is 2.26. The highest BCUT2D eigenvalue weighted by Gasteiger charge is 2.31. The highest BCUT2D eigenvalue weighted by atomic mass is 19.4. The van der Waals surface area contributed by atoms with Gasteiger partial charge in [0.1, 0.15) is 11.5 Å². The first-order valence-corrected chi connectivity index (χ1v) is 11.1. The van der Waals surface area contributed by atoms with Crippen LogP contribution in [0, 0.1) is 5.82 Å². The largest absolute Gasteiger partial charge is 0.416 e. The van der Waals surface area contributed by atoms with Gasteiger partial charge in [-0.15, -0.1) is 0 Å². The zero-order chi connectivity index (χ0) is 23.7. The van der Waals surface area contributed by atoms with E-state index in [-0.39, 0.29) is 5.69 Å². The number of halogens is 4. The minimum absolute atomic E-state index is 0.274. The third kappa shape index (κ3) is 4.61. The molecule has 1 fully saturated rings. The molecule has 1 saturated heterocycles. The van der Waals surface area contributed by atoms with Crippen molar-refractivity contribution < 1.29 is 17.6 Å². The zero-order valence-corrected chi connectivity index (χ0v) is 18.3. The van der Waals surface area contributed by atoms with Crippen LogP contribution in [0.2, 0.25) is 0 Å². The van der Waals surface area contributed by atoms with E-state index in [9.17, 15) is 17.6 Å². The number of piperidine rings is 1. The van der Waals surface area contributed by atoms with Gasteiger partial charge in [-0.1, -0.05) is 18.2 Å². The van der Waals surface area contributed by atoms with E-state index in [1.165, 1.54) is 16.8 Å². The van der Waals surface area contributed by atoms with Gasteiger partial charge in [0, 0.05) is 49.4 Å². The number of nitrogens with zero attached hydrogens (tertiary/aromatic N) is 5. The van der Waals surface area contributed by atoms with Crippen molar-refractivity contribution in [2.24, 2.45) is 0 Å². The van der Waals surface area contributed by atoms with Crippen LogP contribution in [-0.4, -0.2) is 37.6 Å². The fraction of sp³-hybridized carbons (Fsp3) is 0.280. The maximum atomic E-state index is 14.7. The van der Waals surface area contributed by atoms with E-state index in [1.807, 2.05) is 16.9 Å². The molecule has 2 aromatic carbocycles. The maximum Gasteiger partial charge on any atom is 0.416 e. The predicted molar refractivity (Wildman–Crippen MR) is 120 cm³/mol. The standard InChI is InChI=1S/C25H23F4N5/c26-23-8-2-1-7-22(23)24-18(16-32-13-9-20(10-14-32)33-12-4-11-30-33)17-34(31-24)21-6-3-5-19(15-21)25(27,28)29/h1-8,11-12,15,17,20H,9-10,13-14,16H2. The Bertz CT molecular complexity index is 1250. The summed E-state index contributed by atoms with van der Waals surface area (Å²) in [5, 5.41) is 8.86. The van der Waals surface area contributed by atoms with E-state index >= 15 is 0 Å². The van der Waals surface area contributed by atoms with Crippen LogP contribution >= 0.6 is 0 Å². The predicted octanol–water partition coefficient (Wildman–Crippen LogP) is 5.73. The molecule has 0 amide bonds. The Kier molecular flexibility index (Phi) is 5.95. The average molecular weight is 469 g/mol. The molecule has 1 aliphatic heterocycles. The van der Waals surface area contributed by atoms with Gasteiger partial charge in [0.15, 0.2) is 0 Å².